The summed E-state index contributed by atoms with van der Waals surface area (Å²) in [6, 6.07) is 5.08. The van der Waals surface area contributed by atoms with E-state index in [9.17, 15) is 35.2 Å². The Balaban J connectivity index is 2.05. The van der Waals surface area contributed by atoms with Crippen LogP contribution in [0.3, 0.4) is 0 Å². The molecule has 3 aromatic rings. The first-order valence-electron chi connectivity index (χ1n) is 8.65. The fourth-order valence-corrected chi connectivity index (χ4v) is 4.05. The predicted octanol–water partition coefficient (Wildman–Crippen LogP) is 3.38. The minimum absolute atomic E-state index is 0.132. The van der Waals surface area contributed by atoms with Crippen LogP contribution >= 0.6 is 0 Å². The lowest BCUT2D eigenvalue weighted by Crippen LogP contribution is -2.21. The van der Waals surface area contributed by atoms with Crippen molar-refractivity contribution in [3.8, 4) is 11.8 Å². The summed E-state index contributed by atoms with van der Waals surface area (Å²) < 4.78 is 102. The molecule has 2 heterocycles. The first kappa shape index (κ1) is 23.2. The van der Waals surface area contributed by atoms with Gasteiger partial charge >= 0.3 is 6.55 Å². The average molecular weight is 479 g/mol. The molecule has 0 fully saturated rings. The molecule has 0 radical (unpaired) electrons. The van der Waals surface area contributed by atoms with Crippen molar-refractivity contribution in [3.63, 3.8) is 0 Å². The molecule has 0 saturated heterocycles. The highest BCUT2D eigenvalue weighted by molar-refractivity contribution is 7.93. The van der Waals surface area contributed by atoms with Gasteiger partial charge in [0.1, 0.15) is 5.69 Å². The number of alkyl halides is 4. The molecule has 14 heteroatoms. The van der Waals surface area contributed by atoms with E-state index in [1.807, 2.05) is 4.72 Å². The van der Waals surface area contributed by atoms with Crippen LogP contribution < -0.4 is 19.8 Å². The summed E-state index contributed by atoms with van der Waals surface area (Å²) in [5.74, 6) is -2.57. The maximum absolute atomic E-state index is 14.2. The number of anilines is 1. The number of pyridine rings is 2. The standard InChI is InChI=1S/C18H14F5N3O5S/c1-30-16-12(7-11(19)15(24-16)31-8-14(20)21)25-32(28,29)13-4-2-3-10-9(13)5-6-26(17(10)27)18(22)23/h2-7,14,18,25H,8H2,1H3. The number of nitrogens with one attached hydrogen (secondary N) is 1. The summed E-state index contributed by atoms with van der Waals surface area (Å²) in [5, 5.41) is -0.450. The van der Waals surface area contributed by atoms with Crippen molar-refractivity contribution in [3.05, 3.63) is 52.7 Å². The number of hydrogen-bond donors (Lipinski definition) is 1. The zero-order chi connectivity index (χ0) is 23.6. The quantitative estimate of drug-likeness (QED) is 0.498. The molecule has 0 bridgehead atoms. The van der Waals surface area contributed by atoms with Gasteiger partial charge in [-0.2, -0.15) is 13.8 Å². The maximum atomic E-state index is 14.2. The largest absolute Gasteiger partial charge is 0.479 e. The van der Waals surface area contributed by atoms with Crippen molar-refractivity contribution in [2.45, 2.75) is 17.9 Å². The Morgan fingerprint density at radius 2 is 1.84 bits per heavy atom. The second kappa shape index (κ2) is 8.98. The first-order chi connectivity index (χ1) is 15.0. The van der Waals surface area contributed by atoms with Crippen LogP contribution in [0.5, 0.6) is 11.8 Å². The summed E-state index contributed by atoms with van der Waals surface area (Å²) in [7, 11) is -3.44. The molecule has 0 spiro atoms. The molecule has 3 rings (SSSR count). The van der Waals surface area contributed by atoms with Gasteiger partial charge in [-0.1, -0.05) is 6.07 Å². The Bertz CT molecular complexity index is 1310. The van der Waals surface area contributed by atoms with Gasteiger partial charge in [-0.25, -0.2) is 21.6 Å². The van der Waals surface area contributed by atoms with Crippen molar-refractivity contribution in [2.24, 2.45) is 0 Å². The van der Waals surface area contributed by atoms with Crippen molar-refractivity contribution >= 4 is 26.5 Å². The Kier molecular flexibility index (Phi) is 6.52. The molecular formula is C18H14F5N3O5S. The molecule has 0 aliphatic heterocycles. The lowest BCUT2D eigenvalue weighted by molar-refractivity contribution is 0.0669. The number of hydrogen-bond acceptors (Lipinski definition) is 6. The van der Waals surface area contributed by atoms with E-state index >= 15 is 0 Å². The lowest BCUT2D eigenvalue weighted by Gasteiger charge is -2.15. The Morgan fingerprint density at radius 3 is 2.47 bits per heavy atom. The van der Waals surface area contributed by atoms with E-state index in [4.69, 9.17) is 4.74 Å². The third-order valence-electron chi connectivity index (χ3n) is 4.13. The van der Waals surface area contributed by atoms with Gasteiger partial charge in [0.2, 0.25) is 5.88 Å². The number of methoxy groups -OCH3 is 1. The second-order valence-corrected chi connectivity index (χ2v) is 7.81. The molecular weight excluding hydrogens is 465 g/mol. The second-order valence-electron chi connectivity index (χ2n) is 6.16. The number of aromatic nitrogens is 2. The molecule has 0 aliphatic rings. The lowest BCUT2D eigenvalue weighted by atomic mass is 10.2. The van der Waals surface area contributed by atoms with Gasteiger partial charge in [-0.15, -0.1) is 0 Å². The maximum Gasteiger partial charge on any atom is 0.321 e. The van der Waals surface area contributed by atoms with Crippen LogP contribution in [0.25, 0.3) is 10.8 Å². The van der Waals surface area contributed by atoms with Gasteiger partial charge in [-0.05, 0) is 18.2 Å². The zero-order valence-corrected chi connectivity index (χ0v) is 16.9. The van der Waals surface area contributed by atoms with E-state index in [0.717, 1.165) is 25.4 Å². The minimum atomic E-state index is -4.51. The highest BCUT2D eigenvalue weighted by atomic mass is 32.2. The average Bonchev–Trinajstić information content (AvgIpc) is 2.72. The fourth-order valence-electron chi connectivity index (χ4n) is 2.78. The van der Waals surface area contributed by atoms with Crippen LogP contribution in [0.2, 0.25) is 0 Å². The van der Waals surface area contributed by atoms with E-state index < -0.39 is 63.3 Å². The molecule has 2 aromatic heterocycles. The third kappa shape index (κ3) is 4.59. The fraction of sp³-hybridized carbons (Fsp3) is 0.222. The van der Waals surface area contributed by atoms with E-state index in [2.05, 4.69) is 9.72 Å². The topological polar surface area (TPSA) is 99.5 Å². The van der Waals surface area contributed by atoms with Crippen LogP contribution in [-0.2, 0) is 10.0 Å². The Morgan fingerprint density at radius 1 is 1.12 bits per heavy atom. The van der Waals surface area contributed by atoms with Gasteiger partial charge in [0, 0.05) is 23.0 Å². The molecule has 0 amide bonds. The Hall–Kier alpha value is -3.42. The smallest absolute Gasteiger partial charge is 0.321 e. The number of rotatable bonds is 8. The minimum Gasteiger partial charge on any atom is -0.479 e. The molecule has 0 aliphatic carbocycles. The summed E-state index contributed by atoms with van der Waals surface area (Å²) in [5.41, 5.74) is -1.60. The number of fused-ring (bicyclic) bond motifs is 1. The monoisotopic (exact) mass is 479 g/mol. The molecule has 0 unspecified atom stereocenters. The molecule has 8 nitrogen and oxygen atoms in total. The summed E-state index contributed by atoms with van der Waals surface area (Å²) in [6.45, 7) is -4.28. The van der Waals surface area contributed by atoms with E-state index in [1.165, 1.54) is 12.1 Å². The first-order valence-corrected chi connectivity index (χ1v) is 10.1. The summed E-state index contributed by atoms with van der Waals surface area (Å²) >= 11 is 0. The third-order valence-corrected chi connectivity index (χ3v) is 5.55. The molecule has 172 valence electrons. The highest BCUT2D eigenvalue weighted by Gasteiger charge is 2.24. The zero-order valence-electron chi connectivity index (χ0n) is 16.1. The van der Waals surface area contributed by atoms with Gasteiger partial charge in [-0.3, -0.25) is 14.1 Å². The number of benzene rings is 1. The number of halogens is 5. The normalized spacial score (nSPS) is 11.9. The van der Waals surface area contributed by atoms with Gasteiger partial charge in [0.25, 0.3) is 27.9 Å². The van der Waals surface area contributed by atoms with Crippen molar-refractivity contribution < 1.29 is 39.8 Å². The molecule has 1 aromatic carbocycles. The van der Waals surface area contributed by atoms with Crippen molar-refractivity contribution in [1.29, 1.82) is 0 Å². The van der Waals surface area contributed by atoms with E-state index in [0.29, 0.717) is 6.07 Å². The van der Waals surface area contributed by atoms with Crippen LogP contribution in [0.4, 0.5) is 27.6 Å². The van der Waals surface area contributed by atoms with E-state index in [1.54, 1.807) is 0 Å². The summed E-state index contributed by atoms with van der Waals surface area (Å²) in [4.78, 5) is 15.3. The van der Waals surface area contributed by atoms with Crippen molar-refractivity contribution in [1.82, 2.24) is 9.55 Å². The van der Waals surface area contributed by atoms with E-state index in [-0.39, 0.29) is 15.3 Å². The van der Waals surface area contributed by atoms with Crippen LogP contribution in [0, 0.1) is 5.82 Å². The number of nitrogens with zero attached hydrogens (tertiary/aromatic N) is 2. The molecule has 32 heavy (non-hydrogen) atoms. The highest BCUT2D eigenvalue weighted by Crippen LogP contribution is 2.31. The number of sulfonamides is 1. The predicted molar refractivity (Wildman–Crippen MR) is 103 cm³/mol. The number of ether oxygens (including phenoxy) is 2. The SMILES string of the molecule is COc1nc(OCC(F)F)c(F)cc1NS(=O)(=O)c1cccc2c(=O)n(C(F)F)ccc12. The van der Waals surface area contributed by atoms with Crippen molar-refractivity contribution in [2.75, 3.05) is 18.4 Å². The van der Waals surface area contributed by atoms with Gasteiger partial charge < -0.3 is 9.47 Å². The van der Waals surface area contributed by atoms with Crippen LogP contribution in [0.1, 0.15) is 6.55 Å². The van der Waals surface area contributed by atoms with Crippen LogP contribution in [0.15, 0.2) is 46.2 Å². The van der Waals surface area contributed by atoms with Gasteiger partial charge in [0.15, 0.2) is 12.4 Å². The van der Waals surface area contributed by atoms with Crippen LogP contribution in [-0.4, -0.2) is 38.1 Å². The molecule has 0 atom stereocenters. The van der Waals surface area contributed by atoms with Gasteiger partial charge in [0.05, 0.1) is 12.0 Å². The summed E-state index contributed by atoms with van der Waals surface area (Å²) in [6.07, 6.45) is -2.16. The molecule has 1 N–H and O–H groups in total. The molecule has 0 saturated carbocycles. The Labute approximate surface area is 177 Å².